The maximum atomic E-state index is 12.5. The molecule has 1 aromatic rings. The average Bonchev–Trinajstić information content (AvgIpc) is 2.75. The van der Waals surface area contributed by atoms with Crippen LogP contribution >= 0.6 is 23.6 Å². The molecule has 2 heterocycles. The summed E-state index contributed by atoms with van der Waals surface area (Å²) < 4.78 is 2.25. The fourth-order valence-corrected chi connectivity index (χ4v) is 3.69. The Labute approximate surface area is 132 Å². The molecule has 0 radical (unpaired) electrons. The number of nitrogen functional groups attached to an aromatic ring is 1. The molecule has 0 saturated carbocycles. The second-order valence-electron chi connectivity index (χ2n) is 4.95. The SMILES string of the molecule is C=CCn1c(N)c(C(=O)N2CCC(C(N)=O)CC2)sc1=S. The van der Waals surface area contributed by atoms with E-state index in [2.05, 4.69) is 6.58 Å². The molecule has 0 aromatic carbocycles. The zero-order valence-corrected chi connectivity index (χ0v) is 13.2. The van der Waals surface area contributed by atoms with Gasteiger partial charge < -0.3 is 20.9 Å². The molecule has 0 bridgehead atoms. The van der Waals surface area contributed by atoms with Crippen LogP contribution in [0.25, 0.3) is 0 Å². The van der Waals surface area contributed by atoms with E-state index in [1.165, 1.54) is 11.3 Å². The molecule has 2 rings (SSSR count). The van der Waals surface area contributed by atoms with Crippen molar-refractivity contribution in [3.63, 3.8) is 0 Å². The van der Waals surface area contributed by atoms with Gasteiger partial charge in [0.15, 0.2) is 3.95 Å². The van der Waals surface area contributed by atoms with Crippen LogP contribution in [0.4, 0.5) is 5.82 Å². The summed E-state index contributed by atoms with van der Waals surface area (Å²) in [5.74, 6) is -0.189. The first-order chi connectivity index (χ1) is 9.95. The summed E-state index contributed by atoms with van der Waals surface area (Å²) in [6.45, 7) is 5.16. The van der Waals surface area contributed by atoms with Gasteiger partial charge in [0.05, 0.1) is 0 Å². The van der Waals surface area contributed by atoms with E-state index >= 15 is 0 Å². The Morgan fingerprint density at radius 3 is 2.57 bits per heavy atom. The third-order valence-electron chi connectivity index (χ3n) is 3.62. The predicted octanol–water partition coefficient (Wildman–Crippen LogP) is 1.38. The van der Waals surface area contributed by atoms with Crippen molar-refractivity contribution in [3.05, 3.63) is 21.5 Å². The summed E-state index contributed by atoms with van der Waals surface area (Å²) in [5.41, 5.74) is 11.3. The first-order valence-electron chi connectivity index (χ1n) is 6.64. The second kappa shape index (κ2) is 6.40. The van der Waals surface area contributed by atoms with Crippen molar-refractivity contribution in [2.24, 2.45) is 11.7 Å². The number of carbonyl (C=O) groups excluding carboxylic acids is 2. The fourth-order valence-electron chi connectivity index (χ4n) is 2.38. The van der Waals surface area contributed by atoms with Crippen LogP contribution in [0.1, 0.15) is 22.5 Å². The van der Waals surface area contributed by atoms with Crippen LogP contribution in [0, 0.1) is 9.87 Å². The summed E-state index contributed by atoms with van der Waals surface area (Å²) in [6.07, 6.45) is 2.88. The average molecular weight is 326 g/mol. The van der Waals surface area contributed by atoms with Gasteiger partial charge in [-0.05, 0) is 25.1 Å². The van der Waals surface area contributed by atoms with Gasteiger partial charge in [0.25, 0.3) is 5.91 Å². The summed E-state index contributed by atoms with van der Waals surface area (Å²) in [6, 6.07) is 0. The van der Waals surface area contributed by atoms with Gasteiger partial charge in [0.1, 0.15) is 10.7 Å². The first kappa shape index (κ1) is 15.7. The normalized spacial score (nSPS) is 15.9. The molecule has 0 atom stereocenters. The van der Waals surface area contributed by atoms with Gasteiger partial charge in [-0.2, -0.15) is 0 Å². The van der Waals surface area contributed by atoms with Gasteiger partial charge in [-0.3, -0.25) is 9.59 Å². The van der Waals surface area contributed by atoms with Crippen molar-refractivity contribution >= 4 is 41.2 Å². The number of primary amides is 1. The van der Waals surface area contributed by atoms with Crippen LogP contribution < -0.4 is 11.5 Å². The lowest BCUT2D eigenvalue weighted by Gasteiger charge is -2.30. The summed E-state index contributed by atoms with van der Waals surface area (Å²) in [4.78, 5) is 25.8. The van der Waals surface area contributed by atoms with Crippen molar-refractivity contribution in [3.8, 4) is 0 Å². The van der Waals surface area contributed by atoms with Crippen LogP contribution in [0.3, 0.4) is 0 Å². The zero-order chi connectivity index (χ0) is 15.6. The third kappa shape index (κ3) is 3.16. The maximum Gasteiger partial charge on any atom is 0.267 e. The Morgan fingerprint density at radius 1 is 1.43 bits per heavy atom. The standard InChI is InChI=1S/C13H18N4O2S2/c1-2-5-17-10(14)9(21-13(17)20)12(19)16-6-3-8(4-7-16)11(15)18/h2,8H,1,3-7,14H2,(H2,15,18). The van der Waals surface area contributed by atoms with Crippen molar-refractivity contribution in [2.75, 3.05) is 18.8 Å². The highest BCUT2D eigenvalue weighted by Crippen LogP contribution is 2.26. The summed E-state index contributed by atoms with van der Waals surface area (Å²) >= 11 is 6.43. The number of piperidine rings is 1. The monoisotopic (exact) mass is 326 g/mol. The number of hydrogen-bond donors (Lipinski definition) is 2. The number of hydrogen-bond acceptors (Lipinski definition) is 5. The molecule has 6 nitrogen and oxygen atoms in total. The van der Waals surface area contributed by atoms with Gasteiger partial charge in [-0.1, -0.05) is 17.4 Å². The molecule has 1 aromatic heterocycles. The second-order valence-corrected chi connectivity index (χ2v) is 6.59. The van der Waals surface area contributed by atoms with E-state index in [0.717, 1.165) is 0 Å². The number of carbonyl (C=O) groups is 2. The molecule has 1 fully saturated rings. The van der Waals surface area contributed by atoms with E-state index in [1.54, 1.807) is 15.5 Å². The van der Waals surface area contributed by atoms with Gasteiger partial charge in [-0.15, -0.1) is 6.58 Å². The number of likely N-dealkylation sites (tertiary alicyclic amines) is 1. The highest BCUT2D eigenvalue weighted by molar-refractivity contribution is 7.73. The largest absolute Gasteiger partial charge is 0.384 e. The number of allylic oxidation sites excluding steroid dienone is 1. The highest BCUT2D eigenvalue weighted by atomic mass is 32.1. The highest BCUT2D eigenvalue weighted by Gasteiger charge is 2.28. The van der Waals surface area contributed by atoms with Crippen molar-refractivity contribution < 1.29 is 9.59 Å². The van der Waals surface area contributed by atoms with Gasteiger partial charge in [0.2, 0.25) is 5.91 Å². The third-order valence-corrected chi connectivity index (χ3v) is 5.08. The molecule has 21 heavy (non-hydrogen) atoms. The van der Waals surface area contributed by atoms with Crippen molar-refractivity contribution in [1.29, 1.82) is 0 Å². The van der Waals surface area contributed by atoms with Crippen LogP contribution in [-0.2, 0) is 11.3 Å². The van der Waals surface area contributed by atoms with Crippen molar-refractivity contribution in [2.45, 2.75) is 19.4 Å². The molecule has 8 heteroatoms. The minimum Gasteiger partial charge on any atom is -0.384 e. The molecular weight excluding hydrogens is 308 g/mol. The number of amides is 2. The fraction of sp³-hybridized carbons (Fsp3) is 0.462. The van der Waals surface area contributed by atoms with E-state index in [0.29, 0.717) is 47.1 Å². The smallest absolute Gasteiger partial charge is 0.267 e. The van der Waals surface area contributed by atoms with E-state index in [4.69, 9.17) is 23.7 Å². The number of rotatable bonds is 4. The number of aromatic nitrogens is 1. The van der Waals surface area contributed by atoms with Crippen LogP contribution in [0.5, 0.6) is 0 Å². The van der Waals surface area contributed by atoms with Gasteiger partial charge in [-0.25, -0.2) is 0 Å². The molecule has 4 N–H and O–H groups in total. The Kier molecular flexibility index (Phi) is 4.79. The molecule has 1 saturated heterocycles. The molecular formula is C13H18N4O2S2. The van der Waals surface area contributed by atoms with Crippen LogP contribution in [0.15, 0.2) is 12.7 Å². The van der Waals surface area contributed by atoms with E-state index in [1.807, 2.05) is 0 Å². The quantitative estimate of drug-likeness (QED) is 0.645. The number of nitrogens with zero attached hydrogens (tertiary/aromatic N) is 2. The molecule has 1 aliphatic rings. The molecule has 1 aliphatic heterocycles. The van der Waals surface area contributed by atoms with Crippen LogP contribution in [-0.4, -0.2) is 34.4 Å². The molecule has 0 aliphatic carbocycles. The zero-order valence-electron chi connectivity index (χ0n) is 11.6. The lowest BCUT2D eigenvalue weighted by Crippen LogP contribution is -2.41. The lowest BCUT2D eigenvalue weighted by atomic mass is 9.96. The molecule has 0 unspecified atom stereocenters. The molecule has 0 spiro atoms. The Hall–Kier alpha value is -1.67. The number of anilines is 1. The Balaban J connectivity index is 2.15. The van der Waals surface area contributed by atoms with E-state index in [-0.39, 0.29) is 17.7 Å². The van der Waals surface area contributed by atoms with E-state index in [9.17, 15) is 9.59 Å². The topological polar surface area (TPSA) is 94.3 Å². The minimum atomic E-state index is -0.297. The van der Waals surface area contributed by atoms with Gasteiger partial charge >= 0.3 is 0 Å². The van der Waals surface area contributed by atoms with Crippen LogP contribution in [0.2, 0.25) is 0 Å². The summed E-state index contributed by atoms with van der Waals surface area (Å²) in [5, 5.41) is 0. The van der Waals surface area contributed by atoms with E-state index < -0.39 is 0 Å². The number of thiazole rings is 1. The number of nitrogens with two attached hydrogens (primary N) is 2. The molecule has 114 valence electrons. The first-order valence-corrected chi connectivity index (χ1v) is 7.86. The minimum absolute atomic E-state index is 0.130. The van der Waals surface area contributed by atoms with Gasteiger partial charge in [0, 0.05) is 25.6 Å². The summed E-state index contributed by atoms with van der Waals surface area (Å²) in [7, 11) is 0. The van der Waals surface area contributed by atoms with Crippen molar-refractivity contribution in [1.82, 2.24) is 9.47 Å². The molecule has 2 amide bonds. The Bertz CT molecular complexity index is 627. The Morgan fingerprint density at radius 2 is 2.05 bits per heavy atom. The lowest BCUT2D eigenvalue weighted by molar-refractivity contribution is -0.123. The predicted molar refractivity (Wildman–Crippen MR) is 85.6 cm³/mol. The maximum absolute atomic E-state index is 12.5.